The molecule has 19 heavy (non-hydrogen) atoms. The van der Waals surface area contributed by atoms with E-state index in [-0.39, 0.29) is 17.6 Å². The van der Waals surface area contributed by atoms with Crippen molar-refractivity contribution >= 4 is 9.84 Å². The molecule has 0 bridgehead atoms. The second-order valence-corrected chi connectivity index (χ2v) is 7.20. The molecule has 0 aliphatic rings. The number of nitrogens with one attached hydrogen (secondary N) is 1. The molecule has 0 fully saturated rings. The summed E-state index contributed by atoms with van der Waals surface area (Å²) in [6.45, 7) is 4.69. The van der Waals surface area contributed by atoms with Crippen LogP contribution in [0.25, 0.3) is 0 Å². The lowest BCUT2D eigenvalue weighted by Gasteiger charge is -2.18. The van der Waals surface area contributed by atoms with Gasteiger partial charge in [-0.05, 0) is 49.6 Å². The van der Waals surface area contributed by atoms with Crippen LogP contribution in [0.5, 0.6) is 0 Å². The van der Waals surface area contributed by atoms with Crippen LogP contribution in [0, 0.1) is 12.7 Å². The molecule has 0 spiro atoms. The number of hydrogen-bond donors (Lipinski definition) is 1. The molecule has 0 heterocycles. The van der Waals surface area contributed by atoms with Crippen LogP contribution in [0.3, 0.4) is 0 Å². The average Bonchev–Trinajstić information content (AvgIpc) is 2.29. The molecule has 0 radical (unpaired) electrons. The Labute approximate surface area is 115 Å². The van der Waals surface area contributed by atoms with Gasteiger partial charge in [-0.2, -0.15) is 0 Å². The second-order valence-electron chi connectivity index (χ2n) is 5.02. The van der Waals surface area contributed by atoms with Crippen molar-refractivity contribution in [3.05, 3.63) is 35.1 Å². The number of hydrogen-bond acceptors (Lipinski definition) is 3. The first-order valence-corrected chi connectivity index (χ1v) is 8.54. The first-order valence-electron chi connectivity index (χ1n) is 6.48. The van der Waals surface area contributed by atoms with Crippen LogP contribution >= 0.6 is 0 Å². The first kappa shape index (κ1) is 16.1. The highest BCUT2D eigenvalue weighted by Gasteiger charge is 2.16. The van der Waals surface area contributed by atoms with Crippen molar-refractivity contribution in [2.45, 2.75) is 32.7 Å². The third-order valence-electron chi connectivity index (χ3n) is 2.96. The lowest BCUT2D eigenvalue weighted by atomic mass is 10.0. The molecule has 5 heteroatoms. The summed E-state index contributed by atoms with van der Waals surface area (Å²) >= 11 is 0. The molecule has 1 aromatic rings. The van der Waals surface area contributed by atoms with Gasteiger partial charge in [-0.15, -0.1) is 0 Å². The third-order valence-corrected chi connectivity index (χ3v) is 3.97. The Balaban J connectivity index is 2.83. The summed E-state index contributed by atoms with van der Waals surface area (Å²) < 4.78 is 36.1. The smallest absolute Gasteiger partial charge is 0.148 e. The van der Waals surface area contributed by atoms with E-state index in [4.69, 9.17) is 0 Å². The van der Waals surface area contributed by atoms with Gasteiger partial charge < -0.3 is 5.32 Å². The Morgan fingerprint density at radius 2 is 2.05 bits per heavy atom. The van der Waals surface area contributed by atoms with Crippen LogP contribution in [-0.4, -0.2) is 33.0 Å². The first-order chi connectivity index (χ1) is 8.81. The van der Waals surface area contributed by atoms with Gasteiger partial charge in [-0.25, -0.2) is 12.8 Å². The molecule has 3 nitrogen and oxygen atoms in total. The zero-order valence-electron chi connectivity index (χ0n) is 11.7. The van der Waals surface area contributed by atoms with Gasteiger partial charge in [0.15, 0.2) is 0 Å². The minimum absolute atomic E-state index is 0.0724. The topological polar surface area (TPSA) is 46.2 Å². The van der Waals surface area contributed by atoms with Crippen molar-refractivity contribution < 1.29 is 12.8 Å². The summed E-state index contributed by atoms with van der Waals surface area (Å²) in [5.41, 5.74) is 1.84. The van der Waals surface area contributed by atoms with Crippen LogP contribution in [-0.2, 0) is 16.3 Å². The molecule has 0 aliphatic heterocycles. The van der Waals surface area contributed by atoms with Gasteiger partial charge in [0.2, 0.25) is 0 Å². The molecule has 1 aromatic carbocycles. The summed E-state index contributed by atoms with van der Waals surface area (Å²) in [5, 5.41) is 3.22. The van der Waals surface area contributed by atoms with Crippen LogP contribution < -0.4 is 5.32 Å². The number of halogens is 1. The van der Waals surface area contributed by atoms with Gasteiger partial charge in [-0.3, -0.25) is 0 Å². The Morgan fingerprint density at radius 3 is 2.63 bits per heavy atom. The van der Waals surface area contributed by atoms with Crippen molar-refractivity contribution in [1.29, 1.82) is 0 Å². The van der Waals surface area contributed by atoms with Crippen molar-refractivity contribution in [1.82, 2.24) is 5.32 Å². The maximum Gasteiger partial charge on any atom is 0.148 e. The highest BCUT2D eigenvalue weighted by atomic mass is 32.2. The summed E-state index contributed by atoms with van der Waals surface area (Å²) in [4.78, 5) is 0. The van der Waals surface area contributed by atoms with Crippen LogP contribution in [0.4, 0.5) is 4.39 Å². The zero-order valence-corrected chi connectivity index (χ0v) is 12.6. The van der Waals surface area contributed by atoms with E-state index in [1.807, 2.05) is 13.8 Å². The molecule has 108 valence electrons. The minimum Gasteiger partial charge on any atom is -0.313 e. The molecule has 0 aromatic heterocycles. The number of rotatable bonds is 7. The van der Waals surface area contributed by atoms with E-state index in [9.17, 15) is 12.8 Å². The summed E-state index contributed by atoms with van der Waals surface area (Å²) in [6.07, 6.45) is 2.69. The minimum atomic E-state index is -3.05. The zero-order chi connectivity index (χ0) is 14.5. The highest BCUT2D eigenvalue weighted by molar-refractivity contribution is 7.90. The van der Waals surface area contributed by atoms with Gasteiger partial charge in [0.25, 0.3) is 0 Å². The lowest BCUT2D eigenvalue weighted by molar-refractivity contribution is 0.528. The molecule has 1 unspecified atom stereocenters. The largest absolute Gasteiger partial charge is 0.313 e. The van der Waals surface area contributed by atoms with Crippen molar-refractivity contribution in [3.63, 3.8) is 0 Å². The summed E-state index contributed by atoms with van der Waals surface area (Å²) in [6, 6.07) is 4.46. The third kappa shape index (κ3) is 6.16. The molecule has 1 rings (SSSR count). The van der Waals surface area contributed by atoms with Crippen molar-refractivity contribution in [3.8, 4) is 0 Å². The molecule has 0 saturated carbocycles. The summed E-state index contributed by atoms with van der Waals surface area (Å²) in [5.74, 6) is -0.211. The quantitative estimate of drug-likeness (QED) is 0.835. The number of benzene rings is 1. The normalized spacial score (nSPS) is 13.5. The maximum atomic E-state index is 13.2. The van der Waals surface area contributed by atoms with Crippen molar-refractivity contribution in [2.75, 3.05) is 18.6 Å². The standard InChI is InChI=1S/C14H22FNO2S/c1-4-7-16-14(10-19(3,17)18)9-12-8-13(15)6-5-11(12)2/h5-6,8,14,16H,4,7,9-10H2,1-3H3. The van der Waals surface area contributed by atoms with E-state index < -0.39 is 9.84 Å². The van der Waals surface area contributed by atoms with Gasteiger partial charge in [0.1, 0.15) is 15.7 Å². The van der Waals surface area contributed by atoms with Gasteiger partial charge in [0.05, 0.1) is 5.75 Å². The SMILES string of the molecule is CCCNC(Cc1cc(F)ccc1C)CS(C)(=O)=O. The van der Waals surface area contributed by atoms with Gasteiger partial charge in [-0.1, -0.05) is 13.0 Å². The molecule has 0 aliphatic carbocycles. The Morgan fingerprint density at radius 1 is 1.37 bits per heavy atom. The van der Waals surface area contributed by atoms with Gasteiger partial charge >= 0.3 is 0 Å². The molecule has 0 amide bonds. The van der Waals surface area contributed by atoms with Gasteiger partial charge in [0, 0.05) is 12.3 Å². The molecule has 1 atom stereocenters. The second kappa shape index (κ2) is 7.01. The number of sulfone groups is 1. The van der Waals surface area contributed by atoms with Crippen LogP contribution in [0.15, 0.2) is 18.2 Å². The Hall–Kier alpha value is -0.940. The Kier molecular flexibility index (Phi) is 5.94. The molecule has 0 saturated heterocycles. The predicted molar refractivity (Wildman–Crippen MR) is 76.6 cm³/mol. The molecular weight excluding hydrogens is 265 g/mol. The summed E-state index contributed by atoms with van der Waals surface area (Å²) in [7, 11) is -3.05. The van der Waals surface area contributed by atoms with Crippen molar-refractivity contribution in [2.24, 2.45) is 0 Å². The number of aryl methyl sites for hydroxylation is 1. The van der Waals surface area contributed by atoms with E-state index in [0.717, 1.165) is 24.1 Å². The molecular formula is C14H22FNO2S. The molecule has 1 N–H and O–H groups in total. The van der Waals surface area contributed by atoms with Crippen LogP contribution in [0.1, 0.15) is 24.5 Å². The predicted octanol–water partition coefficient (Wildman–Crippen LogP) is 2.09. The van der Waals surface area contributed by atoms with Crippen LogP contribution in [0.2, 0.25) is 0 Å². The average molecular weight is 287 g/mol. The fourth-order valence-corrected chi connectivity index (χ4v) is 3.00. The fraction of sp³-hybridized carbons (Fsp3) is 0.571. The highest BCUT2D eigenvalue weighted by Crippen LogP contribution is 2.13. The van der Waals surface area contributed by atoms with E-state index in [2.05, 4.69) is 5.32 Å². The lowest BCUT2D eigenvalue weighted by Crippen LogP contribution is -2.37. The maximum absolute atomic E-state index is 13.2. The fourth-order valence-electron chi connectivity index (χ4n) is 2.03. The van der Waals surface area contributed by atoms with E-state index in [1.54, 1.807) is 6.07 Å². The van der Waals surface area contributed by atoms with E-state index in [1.165, 1.54) is 18.4 Å². The van der Waals surface area contributed by atoms with E-state index in [0.29, 0.717) is 6.42 Å². The van der Waals surface area contributed by atoms with E-state index >= 15 is 0 Å². The monoisotopic (exact) mass is 287 g/mol. The Bertz CT molecular complexity index is 514.